The Labute approximate surface area is 182 Å². The number of hydrogen-bond donors (Lipinski definition) is 1. The predicted octanol–water partition coefficient (Wildman–Crippen LogP) is 2.35. The normalized spacial score (nSPS) is 26.7. The fourth-order valence-electron chi connectivity index (χ4n) is 4.44. The molecule has 0 saturated carbocycles. The number of hydrogen-bond acceptors (Lipinski definition) is 6. The van der Waals surface area contributed by atoms with Gasteiger partial charge in [0.05, 0.1) is 5.71 Å². The van der Waals surface area contributed by atoms with Gasteiger partial charge in [-0.1, -0.05) is 49.9 Å². The third-order valence-electron chi connectivity index (χ3n) is 6.16. The molecule has 0 aromatic heterocycles. The van der Waals surface area contributed by atoms with Crippen LogP contribution in [-0.4, -0.2) is 83.0 Å². The third kappa shape index (κ3) is 3.68. The molecule has 3 aliphatic heterocycles. The average Bonchev–Trinajstić information content (AvgIpc) is 3.14. The van der Waals surface area contributed by atoms with Gasteiger partial charge in [-0.15, -0.1) is 0 Å². The van der Waals surface area contributed by atoms with Crippen molar-refractivity contribution in [1.82, 2.24) is 25.0 Å². The number of fused-ring (bicyclic) bond motifs is 3. The first-order chi connectivity index (χ1) is 14.4. The first-order valence-electron chi connectivity index (χ1n) is 10.6. The van der Waals surface area contributed by atoms with Gasteiger partial charge < -0.3 is 4.90 Å². The van der Waals surface area contributed by atoms with Gasteiger partial charge in [0.1, 0.15) is 12.2 Å². The van der Waals surface area contributed by atoms with Gasteiger partial charge in [0.15, 0.2) is 6.29 Å². The van der Waals surface area contributed by atoms with Crippen molar-refractivity contribution in [2.75, 3.05) is 27.2 Å². The van der Waals surface area contributed by atoms with E-state index in [4.69, 9.17) is 16.7 Å². The summed E-state index contributed by atoms with van der Waals surface area (Å²) in [6, 6.07) is 6.90. The molecule has 1 aromatic carbocycles. The second-order valence-corrected chi connectivity index (χ2v) is 8.61. The summed E-state index contributed by atoms with van der Waals surface area (Å²) in [5.74, 6) is -0.179. The van der Waals surface area contributed by atoms with Crippen molar-refractivity contribution in [1.29, 1.82) is 0 Å². The lowest BCUT2D eigenvalue weighted by molar-refractivity contribution is -0.137. The summed E-state index contributed by atoms with van der Waals surface area (Å²) >= 11 is 6.06. The van der Waals surface area contributed by atoms with Gasteiger partial charge in [-0.05, 0) is 24.1 Å². The lowest BCUT2D eigenvalue weighted by atomic mass is 10.1. The molecule has 0 spiro atoms. The Balaban J connectivity index is 1.64. The quantitative estimate of drug-likeness (QED) is 0.698. The van der Waals surface area contributed by atoms with Crippen molar-refractivity contribution in [3.63, 3.8) is 0 Å². The maximum absolute atomic E-state index is 13.0. The van der Waals surface area contributed by atoms with Crippen LogP contribution in [0.3, 0.4) is 0 Å². The molecule has 3 amide bonds. The van der Waals surface area contributed by atoms with E-state index in [-0.39, 0.29) is 24.4 Å². The van der Waals surface area contributed by atoms with Gasteiger partial charge in [0, 0.05) is 32.2 Å². The first-order valence-corrected chi connectivity index (χ1v) is 11.0. The van der Waals surface area contributed by atoms with Gasteiger partial charge >= 0.3 is 6.03 Å². The van der Waals surface area contributed by atoms with Crippen LogP contribution < -0.4 is 5.32 Å². The van der Waals surface area contributed by atoms with Crippen LogP contribution in [0.2, 0.25) is 5.02 Å². The number of hydrazone groups is 1. The van der Waals surface area contributed by atoms with Crippen LogP contribution in [-0.2, 0) is 4.79 Å². The highest BCUT2D eigenvalue weighted by Gasteiger charge is 2.55. The number of amides is 3. The van der Waals surface area contributed by atoms with E-state index in [0.29, 0.717) is 11.6 Å². The van der Waals surface area contributed by atoms with E-state index in [1.807, 2.05) is 29.3 Å². The summed E-state index contributed by atoms with van der Waals surface area (Å²) in [6.07, 6.45) is 3.93. The minimum atomic E-state index is -0.446. The van der Waals surface area contributed by atoms with Gasteiger partial charge in [-0.3, -0.25) is 20.0 Å². The predicted molar refractivity (Wildman–Crippen MR) is 116 cm³/mol. The minimum absolute atomic E-state index is 0.179. The minimum Gasteiger partial charge on any atom is -0.310 e. The Morgan fingerprint density at radius 3 is 2.57 bits per heavy atom. The standard InChI is InChI=1S/C21H29ClN6O2/c1-4-5-6-7-12-28-20-23-18-17(19(29)26(3)21(30)25(18)2)27(20)13-16(24-28)14-8-10-15(22)11-9-14/h8-11,17-18,20,23H,4-7,12-13H2,1-3H3. The van der Waals surface area contributed by atoms with Gasteiger partial charge in [-0.25, -0.2) is 9.69 Å². The van der Waals surface area contributed by atoms with E-state index in [9.17, 15) is 9.59 Å². The average molecular weight is 433 g/mol. The molecule has 4 rings (SSSR count). The van der Waals surface area contributed by atoms with Gasteiger partial charge in [0.2, 0.25) is 0 Å². The van der Waals surface area contributed by atoms with Crippen molar-refractivity contribution in [2.45, 2.75) is 51.1 Å². The van der Waals surface area contributed by atoms with Crippen molar-refractivity contribution in [2.24, 2.45) is 5.10 Å². The van der Waals surface area contributed by atoms with Crippen molar-refractivity contribution < 1.29 is 9.59 Å². The number of nitrogens with zero attached hydrogens (tertiary/aromatic N) is 5. The zero-order valence-corrected chi connectivity index (χ0v) is 18.5. The monoisotopic (exact) mass is 432 g/mol. The molecule has 0 bridgehead atoms. The van der Waals surface area contributed by atoms with E-state index < -0.39 is 6.04 Å². The van der Waals surface area contributed by atoms with Crippen LogP contribution >= 0.6 is 11.6 Å². The molecule has 1 aromatic rings. The van der Waals surface area contributed by atoms with Crippen molar-refractivity contribution in [3.05, 3.63) is 34.9 Å². The topological polar surface area (TPSA) is 71.5 Å². The number of nitrogens with one attached hydrogen (secondary N) is 1. The van der Waals surface area contributed by atoms with Crippen LogP contribution in [0.4, 0.5) is 4.79 Å². The van der Waals surface area contributed by atoms with Crippen molar-refractivity contribution in [3.8, 4) is 0 Å². The number of benzene rings is 1. The zero-order valence-electron chi connectivity index (χ0n) is 17.7. The number of likely N-dealkylation sites (N-methyl/N-ethyl adjacent to an activating group) is 2. The van der Waals surface area contributed by atoms with E-state index in [0.717, 1.165) is 30.7 Å². The van der Waals surface area contributed by atoms with Gasteiger partial charge in [0.25, 0.3) is 5.91 Å². The summed E-state index contributed by atoms with van der Waals surface area (Å²) in [6.45, 7) is 3.50. The summed E-state index contributed by atoms with van der Waals surface area (Å²) in [5, 5.41) is 11.1. The SMILES string of the molecule is CCCCCCN1N=C(c2ccc(Cl)cc2)CN2C3C(=O)N(C)C(=O)N(C)C3NC12. The molecule has 3 aliphatic rings. The fraction of sp³-hybridized carbons (Fsp3) is 0.571. The Bertz CT molecular complexity index is 844. The Morgan fingerprint density at radius 1 is 1.13 bits per heavy atom. The van der Waals surface area contributed by atoms with Crippen LogP contribution in [0.5, 0.6) is 0 Å². The summed E-state index contributed by atoms with van der Waals surface area (Å²) in [5.41, 5.74) is 1.89. The number of imide groups is 1. The maximum atomic E-state index is 13.0. The molecule has 9 heteroatoms. The number of carbonyl (C=O) groups excluding carboxylic acids is 2. The summed E-state index contributed by atoms with van der Waals surface area (Å²) in [4.78, 5) is 30.4. The van der Waals surface area contributed by atoms with Crippen LogP contribution in [0, 0.1) is 0 Å². The third-order valence-corrected chi connectivity index (χ3v) is 6.41. The Morgan fingerprint density at radius 2 is 1.87 bits per heavy atom. The molecule has 2 saturated heterocycles. The van der Waals surface area contributed by atoms with E-state index in [2.05, 4.69) is 17.1 Å². The number of halogens is 1. The second kappa shape index (κ2) is 8.53. The Hall–Kier alpha value is -2.16. The second-order valence-electron chi connectivity index (χ2n) is 8.17. The molecule has 3 heterocycles. The molecule has 1 N–H and O–H groups in total. The van der Waals surface area contributed by atoms with Gasteiger partial charge in [-0.2, -0.15) is 5.10 Å². The lowest BCUT2D eigenvalue weighted by Crippen LogP contribution is -2.65. The molecule has 30 heavy (non-hydrogen) atoms. The smallest absolute Gasteiger partial charge is 0.310 e. The first kappa shape index (κ1) is 21.1. The molecule has 0 radical (unpaired) electrons. The number of unbranched alkanes of at least 4 members (excludes halogenated alkanes) is 3. The largest absolute Gasteiger partial charge is 0.327 e. The van der Waals surface area contributed by atoms with Crippen LogP contribution in [0.15, 0.2) is 29.4 Å². The summed E-state index contributed by atoms with van der Waals surface area (Å²) in [7, 11) is 3.28. The van der Waals surface area contributed by atoms with Crippen LogP contribution in [0.1, 0.15) is 38.2 Å². The molecular formula is C21H29ClN6O2. The molecule has 3 unspecified atom stereocenters. The maximum Gasteiger partial charge on any atom is 0.327 e. The highest BCUT2D eigenvalue weighted by Crippen LogP contribution is 2.31. The fourth-order valence-corrected chi connectivity index (χ4v) is 4.57. The number of urea groups is 1. The molecule has 8 nitrogen and oxygen atoms in total. The highest BCUT2D eigenvalue weighted by atomic mass is 35.5. The lowest BCUT2D eigenvalue weighted by Gasteiger charge is -2.41. The highest BCUT2D eigenvalue weighted by molar-refractivity contribution is 6.30. The summed E-state index contributed by atoms with van der Waals surface area (Å²) < 4.78 is 0. The Kier molecular flexibility index (Phi) is 5.99. The van der Waals surface area contributed by atoms with E-state index in [1.165, 1.54) is 17.7 Å². The van der Waals surface area contributed by atoms with Crippen molar-refractivity contribution >= 4 is 29.3 Å². The molecule has 162 valence electrons. The van der Waals surface area contributed by atoms with E-state index >= 15 is 0 Å². The zero-order chi connectivity index (χ0) is 21.4. The molecule has 2 fully saturated rings. The molecule has 3 atom stereocenters. The number of carbonyl (C=O) groups is 2. The molecule has 0 aliphatic carbocycles. The number of rotatable bonds is 6. The molecular weight excluding hydrogens is 404 g/mol. The van der Waals surface area contributed by atoms with Crippen LogP contribution in [0.25, 0.3) is 0 Å². The van der Waals surface area contributed by atoms with E-state index in [1.54, 1.807) is 19.0 Å².